The normalized spacial score (nSPS) is 16.0. The molecular weight excluding hydrogens is 394 g/mol. The third-order valence-corrected chi connectivity index (χ3v) is 6.19. The highest BCUT2D eigenvalue weighted by molar-refractivity contribution is 7.13. The van der Waals surface area contributed by atoms with Crippen LogP contribution in [0.15, 0.2) is 52.4 Å². The minimum absolute atomic E-state index is 0.116. The van der Waals surface area contributed by atoms with Crippen molar-refractivity contribution in [1.82, 2.24) is 15.4 Å². The Kier molecular flexibility index (Phi) is 6.10. The number of benzene rings is 1. The van der Waals surface area contributed by atoms with Crippen LogP contribution < -0.4 is 5.32 Å². The van der Waals surface area contributed by atoms with E-state index in [2.05, 4.69) is 15.4 Å². The minimum Gasteiger partial charge on any atom is -0.355 e. The van der Waals surface area contributed by atoms with E-state index in [4.69, 9.17) is 16.1 Å². The number of carbonyl (C=O) groups is 1. The molecule has 3 aromatic rings. The molecule has 0 saturated carbocycles. The van der Waals surface area contributed by atoms with Crippen LogP contribution in [0.3, 0.4) is 0 Å². The molecule has 2 aromatic heterocycles. The van der Waals surface area contributed by atoms with Crippen LogP contribution in [-0.2, 0) is 0 Å². The number of aromatic nitrogens is 1. The first-order valence-electron chi connectivity index (χ1n) is 9.49. The average Bonchev–Trinajstić information content (AvgIpc) is 3.42. The lowest BCUT2D eigenvalue weighted by atomic mass is 10.0. The zero-order valence-electron chi connectivity index (χ0n) is 15.4. The molecule has 0 bridgehead atoms. The Morgan fingerprint density at radius 3 is 2.71 bits per heavy atom. The summed E-state index contributed by atoms with van der Waals surface area (Å²) < 4.78 is 5.33. The highest BCUT2D eigenvalue weighted by Crippen LogP contribution is 2.27. The lowest BCUT2D eigenvalue weighted by Gasteiger charge is -2.35. The zero-order chi connectivity index (χ0) is 19.3. The standard InChI is InChI=1S/C21H22ClN3O2S/c22-16-8-6-15(7-9-16)18(25-10-2-1-3-11-25)14-23-21(26)17-13-19(27-24-17)20-5-4-12-28-20/h4-9,12-13,18H,1-3,10-11,14H2,(H,23,26)/t18-/m0/s1. The number of thiophene rings is 1. The second-order valence-corrected chi connectivity index (χ2v) is 8.31. The monoisotopic (exact) mass is 415 g/mol. The molecule has 1 fully saturated rings. The van der Waals surface area contributed by atoms with Gasteiger partial charge in [-0.3, -0.25) is 9.69 Å². The van der Waals surface area contributed by atoms with Crippen molar-refractivity contribution in [1.29, 1.82) is 0 Å². The summed E-state index contributed by atoms with van der Waals surface area (Å²) in [5.74, 6) is 0.396. The zero-order valence-corrected chi connectivity index (χ0v) is 17.0. The van der Waals surface area contributed by atoms with Gasteiger partial charge in [0.05, 0.1) is 10.9 Å². The summed E-state index contributed by atoms with van der Waals surface area (Å²) in [6.07, 6.45) is 3.64. The van der Waals surface area contributed by atoms with Crippen LogP contribution >= 0.6 is 22.9 Å². The molecule has 1 saturated heterocycles. The Bertz CT molecular complexity index is 902. The predicted molar refractivity (Wildman–Crippen MR) is 112 cm³/mol. The van der Waals surface area contributed by atoms with Crippen LogP contribution in [0, 0.1) is 0 Å². The molecule has 28 heavy (non-hydrogen) atoms. The molecule has 4 rings (SSSR count). The van der Waals surface area contributed by atoms with E-state index < -0.39 is 0 Å². The smallest absolute Gasteiger partial charge is 0.273 e. The van der Waals surface area contributed by atoms with Crippen molar-refractivity contribution in [3.8, 4) is 10.6 Å². The Hall–Kier alpha value is -2.15. The maximum atomic E-state index is 12.6. The van der Waals surface area contributed by atoms with Gasteiger partial charge in [0.2, 0.25) is 0 Å². The van der Waals surface area contributed by atoms with Gasteiger partial charge in [-0.2, -0.15) is 0 Å². The number of hydrogen-bond donors (Lipinski definition) is 1. The first-order valence-corrected chi connectivity index (χ1v) is 10.7. The summed E-state index contributed by atoms with van der Waals surface area (Å²) in [7, 11) is 0. The summed E-state index contributed by atoms with van der Waals surface area (Å²) in [5, 5.41) is 9.65. The van der Waals surface area contributed by atoms with Gasteiger partial charge >= 0.3 is 0 Å². The third kappa shape index (κ3) is 4.46. The summed E-state index contributed by atoms with van der Waals surface area (Å²) in [6.45, 7) is 2.59. The molecular formula is C21H22ClN3O2S. The third-order valence-electron chi connectivity index (χ3n) is 5.05. The van der Waals surface area contributed by atoms with E-state index >= 15 is 0 Å². The maximum absolute atomic E-state index is 12.6. The second-order valence-electron chi connectivity index (χ2n) is 6.93. The van der Waals surface area contributed by atoms with Gasteiger partial charge in [0.1, 0.15) is 0 Å². The van der Waals surface area contributed by atoms with Gasteiger partial charge in [0.25, 0.3) is 5.91 Å². The number of likely N-dealkylation sites (tertiary alicyclic amines) is 1. The van der Waals surface area contributed by atoms with Crippen LogP contribution in [0.1, 0.15) is 41.4 Å². The Morgan fingerprint density at radius 2 is 2.00 bits per heavy atom. The lowest BCUT2D eigenvalue weighted by molar-refractivity contribution is 0.0915. The molecule has 3 heterocycles. The lowest BCUT2D eigenvalue weighted by Crippen LogP contribution is -2.40. The average molecular weight is 416 g/mol. The van der Waals surface area contributed by atoms with Crippen molar-refractivity contribution in [2.45, 2.75) is 25.3 Å². The molecule has 5 nitrogen and oxygen atoms in total. The summed E-state index contributed by atoms with van der Waals surface area (Å²) in [4.78, 5) is 16.0. The molecule has 1 aliphatic heterocycles. The van der Waals surface area contributed by atoms with Crippen molar-refractivity contribution in [3.63, 3.8) is 0 Å². The number of carbonyl (C=O) groups excluding carboxylic acids is 1. The summed E-state index contributed by atoms with van der Waals surface area (Å²) in [6, 6.07) is 13.6. The van der Waals surface area contributed by atoms with E-state index in [1.54, 1.807) is 17.4 Å². The van der Waals surface area contributed by atoms with E-state index in [1.165, 1.54) is 19.3 Å². The van der Waals surface area contributed by atoms with Crippen molar-refractivity contribution in [3.05, 3.63) is 64.1 Å². The number of rotatable bonds is 6. The van der Waals surface area contributed by atoms with Gasteiger partial charge in [-0.25, -0.2) is 0 Å². The SMILES string of the molecule is O=C(NC[C@@H](c1ccc(Cl)cc1)N1CCCCC1)c1cc(-c2cccs2)on1. The summed E-state index contributed by atoms with van der Waals surface area (Å²) in [5.41, 5.74) is 1.46. The van der Waals surface area contributed by atoms with E-state index in [0.717, 1.165) is 23.5 Å². The molecule has 0 unspecified atom stereocenters. The van der Waals surface area contributed by atoms with Crippen molar-refractivity contribution in [2.75, 3.05) is 19.6 Å². The fourth-order valence-electron chi connectivity index (χ4n) is 3.57. The topological polar surface area (TPSA) is 58.4 Å². The van der Waals surface area contributed by atoms with Crippen molar-refractivity contribution in [2.24, 2.45) is 0 Å². The van der Waals surface area contributed by atoms with Gasteiger partial charge in [0, 0.05) is 17.6 Å². The molecule has 0 radical (unpaired) electrons. The van der Waals surface area contributed by atoms with Gasteiger partial charge < -0.3 is 9.84 Å². The van der Waals surface area contributed by atoms with Crippen LogP contribution in [0.2, 0.25) is 5.02 Å². The molecule has 1 atom stereocenters. The number of piperidine rings is 1. The van der Waals surface area contributed by atoms with Crippen LogP contribution in [-0.4, -0.2) is 35.6 Å². The predicted octanol–water partition coefficient (Wildman–Crippen LogP) is 5.01. The Balaban J connectivity index is 1.46. The first-order chi connectivity index (χ1) is 13.7. The quantitative estimate of drug-likeness (QED) is 0.614. The van der Waals surface area contributed by atoms with Crippen LogP contribution in [0.5, 0.6) is 0 Å². The van der Waals surface area contributed by atoms with Crippen LogP contribution in [0.4, 0.5) is 0 Å². The molecule has 0 spiro atoms. The number of hydrogen-bond acceptors (Lipinski definition) is 5. The van der Waals surface area contributed by atoms with Crippen LogP contribution in [0.25, 0.3) is 10.6 Å². The Morgan fingerprint density at radius 1 is 1.21 bits per heavy atom. The number of nitrogens with zero attached hydrogens (tertiary/aromatic N) is 2. The molecule has 1 aromatic carbocycles. The minimum atomic E-state index is -0.220. The fraction of sp³-hybridized carbons (Fsp3) is 0.333. The highest BCUT2D eigenvalue weighted by atomic mass is 35.5. The van der Waals surface area contributed by atoms with E-state index in [0.29, 0.717) is 23.0 Å². The van der Waals surface area contributed by atoms with Crippen molar-refractivity contribution < 1.29 is 9.32 Å². The van der Waals surface area contributed by atoms with Crippen molar-refractivity contribution >= 4 is 28.8 Å². The molecule has 1 aliphatic rings. The molecule has 1 amide bonds. The molecule has 0 aliphatic carbocycles. The Labute approximate surface area is 173 Å². The maximum Gasteiger partial charge on any atom is 0.273 e. The molecule has 1 N–H and O–H groups in total. The fourth-order valence-corrected chi connectivity index (χ4v) is 4.37. The van der Waals surface area contributed by atoms with Gasteiger partial charge in [-0.15, -0.1) is 11.3 Å². The van der Waals surface area contributed by atoms with E-state index in [9.17, 15) is 4.79 Å². The number of halogens is 1. The van der Waals surface area contributed by atoms with Gasteiger partial charge in [-0.05, 0) is 55.1 Å². The second kappa shape index (κ2) is 8.90. The van der Waals surface area contributed by atoms with Gasteiger partial charge in [0.15, 0.2) is 11.5 Å². The summed E-state index contributed by atoms with van der Waals surface area (Å²) >= 11 is 7.61. The molecule has 7 heteroatoms. The van der Waals surface area contributed by atoms with E-state index in [1.807, 2.05) is 41.8 Å². The number of amides is 1. The van der Waals surface area contributed by atoms with Gasteiger partial charge in [-0.1, -0.05) is 41.4 Å². The largest absolute Gasteiger partial charge is 0.355 e. The first kappa shape index (κ1) is 19.2. The number of nitrogens with one attached hydrogen (secondary N) is 1. The van der Waals surface area contributed by atoms with E-state index in [-0.39, 0.29) is 11.9 Å². The highest BCUT2D eigenvalue weighted by Gasteiger charge is 2.24. The molecule has 146 valence electrons.